The molecule has 2 rings (SSSR count). The number of rotatable bonds is 8. The van der Waals surface area contributed by atoms with Gasteiger partial charge in [-0.1, -0.05) is 59.9 Å². The summed E-state index contributed by atoms with van der Waals surface area (Å²) in [5.41, 5.74) is 1.39. The van der Waals surface area contributed by atoms with Gasteiger partial charge in [-0.2, -0.15) is 0 Å². The standard InChI is InChI=1S/C22H36N2O4S/c1-7-9-10-16(8-2)14-23-21(25)20-15-24(29(6,26)27)18-13-17(22(3,4)5)11-12-19(18)28-20/h11-13,16,20H,7-10,14-15H2,1-6H3,(H,23,25)/t16-,20+/m1/s1. The molecule has 7 heteroatoms. The molecular formula is C22H36N2O4S. The van der Waals surface area contributed by atoms with Gasteiger partial charge in [0.15, 0.2) is 6.10 Å². The van der Waals surface area contributed by atoms with Crippen LogP contribution >= 0.6 is 0 Å². The molecule has 0 fully saturated rings. The lowest BCUT2D eigenvalue weighted by Crippen LogP contribution is -2.51. The van der Waals surface area contributed by atoms with Crippen LogP contribution in [0.5, 0.6) is 5.75 Å². The first-order valence-electron chi connectivity index (χ1n) is 10.5. The molecule has 1 aromatic carbocycles. The van der Waals surface area contributed by atoms with Crippen LogP contribution in [0.1, 0.15) is 65.9 Å². The van der Waals surface area contributed by atoms with Gasteiger partial charge in [0, 0.05) is 6.54 Å². The highest BCUT2D eigenvalue weighted by Gasteiger charge is 2.35. The Hall–Kier alpha value is -1.76. The van der Waals surface area contributed by atoms with Crippen molar-refractivity contribution in [1.82, 2.24) is 5.32 Å². The number of carbonyl (C=O) groups excluding carboxylic acids is 1. The Morgan fingerprint density at radius 2 is 2.00 bits per heavy atom. The molecule has 0 aliphatic carbocycles. The Morgan fingerprint density at radius 1 is 1.31 bits per heavy atom. The monoisotopic (exact) mass is 424 g/mol. The van der Waals surface area contributed by atoms with Crippen LogP contribution in [0.3, 0.4) is 0 Å². The second kappa shape index (κ2) is 9.37. The van der Waals surface area contributed by atoms with Gasteiger partial charge >= 0.3 is 0 Å². The second-order valence-corrected chi connectivity index (χ2v) is 10.9. The Morgan fingerprint density at radius 3 is 2.55 bits per heavy atom. The van der Waals surface area contributed by atoms with Crippen molar-refractivity contribution in [3.63, 3.8) is 0 Å². The van der Waals surface area contributed by atoms with Gasteiger partial charge in [0.25, 0.3) is 5.91 Å². The van der Waals surface area contributed by atoms with E-state index in [4.69, 9.17) is 4.74 Å². The summed E-state index contributed by atoms with van der Waals surface area (Å²) >= 11 is 0. The van der Waals surface area contributed by atoms with E-state index in [0.29, 0.717) is 23.9 Å². The van der Waals surface area contributed by atoms with Crippen LogP contribution in [0.25, 0.3) is 0 Å². The number of hydrogen-bond acceptors (Lipinski definition) is 4. The van der Waals surface area contributed by atoms with Crippen LogP contribution in [0.2, 0.25) is 0 Å². The highest BCUT2D eigenvalue weighted by Crippen LogP contribution is 2.38. The van der Waals surface area contributed by atoms with Gasteiger partial charge in [0.1, 0.15) is 5.75 Å². The molecule has 1 amide bonds. The number of unbranched alkanes of at least 4 members (excludes halogenated alkanes) is 1. The largest absolute Gasteiger partial charge is 0.476 e. The molecule has 164 valence electrons. The van der Waals surface area contributed by atoms with E-state index in [1.165, 1.54) is 10.6 Å². The van der Waals surface area contributed by atoms with E-state index in [-0.39, 0.29) is 17.9 Å². The summed E-state index contributed by atoms with van der Waals surface area (Å²) in [5.74, 6) is 0.585. The smallest absolute Gasteiger partial charge is 0.263 e. The number of nitrogens with one attached hydrogen (secondary N) is 1. The maximum Gasteiger partial charge on any atom is 0.263 e. The maximum atomic E-state index is 12.7. The summed E-state index contributed by atoms with van der Waals surface area (Å²) in [7, 11) is -3.54. The van der Waals surface area contributed by atoms with Crippen molar-refractivity contribution in [1.29, 1.82) is 0 Å². The number of benzene rings is 1. The van der Waals surface area contributed by atoms with Crippen LogP contribution in [0, 0.1) is 5.92 Å². The van der Waals surface area contributed by atoms with E-state index in [2.05, 4.69) is 39.9 Å². The zero-order chi connectivity index (χ0) is 21.8. The third-order valence-electron chi connectivity index (χ3n) is 5.50. The zero-order valence-corrected chi connectivity index (χ0v) is 19.4. The lowest BCUT2D eigenvalue weighted by Gasteiger charge is -2.35. The van der Waals surface area contributed by atoms with Crippen LogP contribution in [0.15, 0.2) is 18.2 Å². The van der Waals surface area contributed by atoms with Crippen molar-refractivity contribution >= 4 is 21.6 Å². The van der Waals surface area contributed by atoms with Gasteiger partial charge in [0.2, 0.25) is 10.0 Å². The number of fused-ring (bicyclic) bond motifs is 1. The molecule has 1 N–H and O–H groups in total. The Kier molecular flexibility index (Phi) is 7.60. The number of anilines is 1. The lowest BCUT2D eigenvalue weighted by molar-refractivity contribution is -0.127. The van der Waals surface area contributed by atoms with Crippen LogP contribution in [-0.4, -0.2) is 39.8 Å². The molecule has 0 spiro atoms. The fourth-order valence-electron chi connectivity index (χ4n) is 3.47. The van der Waals surface area contributed by atoms with E-state index in [9.17, 15) is 13.2 Å². The molecule has 2 atom stereocenters. The molecule has 1 aliphatic heterocycles. The van der Waals surface area contributed by atoms with Crippen molar-refractivity contribution in [2.75, 3.05) is 23.7 Å². The van der Waals surface area contributed by atoms with E-state index >= 15 is 0 Å². The number of carbonyl (C=O) groups is 1. The molecule has 6 nitrogen and oxygen atoms in total. The van der Waals surface area contributed by atoms with Gasteiger partial charge in [-0.3, -0.25) is 9.10 Å². The molecular weight excluding hydrogens is 388 g/mol. The Bertz CT molecular complexity index is 815. The quantitative estimate of drug-likeness (QED) is 0.688. The highest BCUT2D eigenvalue weighted by atomic mass is 32.2. The van der Waals surface area contributed by atoms with Crippen LogP contribution < -0.4 is 14.4 Å². The number of ether oxygens (including phenoxy) is 1. The highest BCUT2D eigenvalue weighted by molar-refractivity contribution is 7.92. The van der Waals surface area contributed by atoms with Crippen molar-refractivity contribution in [2.45, 2.75) is 71.8 Å². The first-order valence-corrected chi connectivity index (χ1v) is 12.4. The summed E-state index contributed by atoms with van der Waals surface area (Å²) in [6.45, 7) is 11.1. The topological polar surface area (TPSA) is 75.7 Å². The molecule has 0 aromatic heterocycles. The van der Waals surface area contributed by atoms with Gasteiger partial charge < -0.3 is 10.1 Å². The van der Waals surface area contributed by atoms with Gasteiger partial charge in [0.05, 0.1) is 18.5 Å². The predicted octanol–water partition coefficient (Wildman–Crippen LogP) is 3.84. The normalized spacial score (nSPS) is 18.0. The molecule has 29 heavy (non-hydrogen) atoms. The summed E-state index contributed by atoms with van der Waals surface area (Å²) in [4.78, 5) is 12.7. The van der Waals surface area contributed by atoms with E-state index < -0.39 is 16.1 Å². The van der Waals surface area contributed by atoms with Crippen molar-refractivity contribution in [2.24, 2.45) is 5.92 Å². The molecule has 1 heterocycles. The molecule has 1 aromatic rings. The molecule has 0 saturated carbocycles. The van der Waals surface area contributed by atoms with Crippen molar-refractivity contribution in [3.8, 4) is 5.75 Å². The molecule has 0 unspecified atom stereocenters. The average molecular weight is 425 g/mol. The number of amides is 1. The lowest BCUT2D eigenvalue weighted by atomic mass is 9.86. The summed E-state index contributed by atoms with van der Waals surface area (Å²) in [6.07, 6.45) is 4.65. The Balaban J connectivity index is 2.21. The fourth-order valence-corrected chi connectivity index (χ4v) is 4.38. The number of hydrogen-bond donors (Lipinski definition) is 1. The predicted molar refractivity (Wildman–Crippen MR) is 118 cm³/mol. The molecule has 1 aliphatic rings. The van der Waals surface area contributed by atoms with Crippen LogP contribution in [0.4, 0.5) is 5.69 Å². The first kappa shape index (κ1) is 23.5. The zero-order valence-electron chi connectivity index (χ0n) is 18.6. The van der Waals surface area contributed by atoms with Gasteiger partial charge in [-0.25, -0.2) is 8.42 Å². The van der Waals surface area contributed by atoms with Gasteiger partial charge in [-0.05, 0) is 35.4 Å². The number of sulfonamides is 1. The minimum absolute atomic E-state index is 0.0169. The fraction of sp³-hybridized carbons (Fsp3) is 0.682. The van der Waals surface area contributed by atoms with E-state index in [1.54, 1.807) is 6.07 Å². The summed E-state index contributed by atoms with van der Waals surface area (Å²) in [5, 5.41) is 2.97. The van der Waals surface area contributed by atoms with E-state index in [0.717, 1.165) is 31.2 Å². The second-order valence-electron chi connectivity index (χ2n) is 8.99. The van der Waals surface area contributed by atoms with Crippen LogP contribution in [-0.2, 0) is 20.2 Å². The molecule has 0 bridgehead atoms. The maximum absolute atomic E-state index is 12.7. The van der Waals surface area contributed by atoms with Gasteiger partial charge in [-0.15, -0.1) is 0 Å². The first-order chi connectivity index (χ1) is 13.5. The summed E-state index contributed by atoms with van der Waals surface area (Å²) in [6, 6.07) is 5.55. The number of nitrogens with zero attached hydrogens (tertiary/aromatic N) is 1. The molecule has 0 saturated heterocycles. The Labute approximate surface area is 176 Å². The minimum atomic E-state index is -3.54. The molecule has 0 radical (unpaired) electrons. The van der Waals surface area contributed by atoms with E-state index in [1.807, 2.05) is 12.1 Å². The van der Waals surface area contributed by atoms with Crippen molar-refractivity contribution in [3.05, 3.63) is 23.8 Å². The van der Waals surface area contributed by atoms with Crippen molar-refractivity contribution < 1.29 is 17.9 Å². The third-order valence-corrected chi connectivity index (χ3v) is 6.64. The minimum Gasteiger partial charge on any atom is -0.476 e. The average Bonchev–Trinajstić information content (AvgIpc) is 2.65. The SMILES string of the molecule is CCCC[C@@H](CC)CNC(=O)[C@@H]1CN(S(C)(=O)=O)c2cc(C(C)(C)C)ccc2O1. The third kappa shape index (κ3) is 6.11. The summed E-state index contributed by atoms with van der Waals surface area (Å²) < 4.78 is 32.1.